The molecule has 3 rings (SSSR count). The first kappa shape index (κ1) is 14.8. The summed E-state index contributed by atoms with van der Waals surface area (Å²) in [5.41, 5.74) is -1.24. The fraction of sp³-hybridized carbons (Fsp3) is 0.533. The van der Waals surface area contributed by atoms with Crippen LogP contribution < -0.4 is 5.32 Å². The summed E-state index contributed by atoms with van der Waals surface area (Å²) in [6, 6.07) is 3.37. The third-order valence-electron chi connectivity index (χ3n) is 4.21. The number of nitrogens with one attached hydrogen (secondary N) is 1. The van der Waals surface area contributed by atoms with Crippen molar-refractivity contribution in [2.75, 3.05) is 13.1 Å². The Kier molecular flexibility index (Phi) is 3.74. The van der Waals surface area contributed by atoms with Crippen LogP contribution in [0.3, 0.4) is 0 Å². The van der Waals surface area contributed by atoms with Crippen molar-refractivity contribution in [3.05, 3.63) is 24.2 Å². The van der Waals surface area contributed by atoms with E-state index < -0.39 is 11.5 Å². The number of amides is 3. The molecule has 2 aliphatic rings. The molecule has 1 saturated heterocycles. The summed E-state index contributed by atoms with van der Waals surface area (Å²) < 4.78 is 5.28. The van der Waals surface area contributed by atoms with Gasteiger partial charge in [0.2, 0.25) is 17.7 Å². The Morgan fingerprint density at radius 2 is 2.05 bits per heavy atom. The first-order valence-electron chi connectivity index (χ1n) is 7.37. The Morgan fingerprint density at radius 3 is 2.59 bits per heavy atom. The zero-order valence-corrected chi connectivity index (χ0v) is 12.1. The van der Waals surface area contributed by atoms with Crippen molar-refractivity contribution in [1.82, 2.24) is 10.2 Å². The van der Waals surface area contributed by atoms with Crippen LogP contribution in [0, 0.1) is 5.92 Å². The monoisotopic (exact) mass is 306 g/mol. The molecule has 22 heavy (non-hydrogen) atoms. The molecule has 0 spiro atoms. The second-order valence-electron chi connectivity index (χ2n) is 5.83. The van der Waals surface area contributed by atoms with Crippen LogP contribution >= 0.6 is 0 Å². The number of furan rings is 1. The van der Waals surface area contributed by atoms with E-state index in [9.17, 15) is 19.5 Å². The first-order valence-corrected chi connectivity index (χ1v) is 7.37. The van der Waals surface area contributed by atoms with Gasteiger partial charge in [-0.3, -0.25) is 19.3 Å². The van der Waals surface area contributed by atoms with Crippen molar-refractivity contribution in [3.8, 4) is 0 Å². The maximum Gasteiger partial charge on any atom is 0.240 e. The minimum absolute atomic E-state index is 0.000232. The number of likely N-dealkylation sites (tertiary alicyclic amines) is 1. The Balaban J connectivity index is 1.60. The van der Waals surface area contributed by atoms with Crippen LogP contribution in [0.25, 0.3) is 0 Å². The lowest BCUT2D eigenvalue weighted by Crippen LogP contribution is -2.46. The molecular formula is C15H18N2O5. The van der Waals surface area contributed by atoms with Gasteiger partial charge in [0.15, 0.2) is 0 Å². The maximum absolute atomic E-state index is 12.0. The number of carbonyl (C=O) groups is 3. The van der Waals surface area contributed by atoms with Gasteiger partial charge in [-0.15, -0.1) is 0 Å². The van der Waals surface area contributed by atoms with Crippen LogP contribution in [0.4, 0.5) is 0 Å². The molecule has 1 atom stereocenters. The van der Waals surface area contributed by atoms with Crippen molar-refractivity contribution in [2.24, 2.45) is 5.92 Å². The van der Waals surface area contributed by atoms with Crippen LogP contribution in [0.1, 0.15) is 31.4 Å². The standard InChI is InChI=1S/C15H18N2O5/c18-12(8-17-13(19)5-6-14(17)20)16-9-15(21,10-3-4-10)11-2-1-7-22-11/h1-2,7,10,21H,3-6,8-9H2,(H,16,18). The highest BCUT2D eigenvalue weighted by Crippen LogP contribution is 2.45. The van der Waals surface area contributed by atoms with E-state index in [1.807, 2.05) is 0 Å². The van der Waals surface area contributed by atoms with E-state index in [4.69, 9.17) is 4.42 Å². The number of rotatable bonds is 6. The number of hydrogen-bond acceptors (Lipinski definition) is 5. The number of aliphatic hydroxyl groups is 1. The number of nitrogens with zero attached hydrogens (tertiary/aromatic N) is 1. The van der Waals surface area contributed by atoms with Crippen LogP contribution in [0.5, 0.6) is 0 Å². The molecular weight excluding hydrogens is 288 g/mol. The quantitative estimate of drug-likeness (QED) is 0.728. The van der Waals surface area contributed by atoms with Gasteiger partial charge in [-0.05, 0) is 30.9 Å². The molecule has 0 bridgehead atoms. The Bertz CT molecular complexity index is 577. The second kappa shape index (κ2) is 5.57. The Labute approximate surface area is 127 Å². The predicted molar refractivity (Wildman–Crippen MR) is 74.3 cm³/mol. The lowest BCUT2D eigenvalue weighted by Gasteiger charge is -2.26. The minimum atomic E-state index is -1.24. The fourth-order valence-electron chi connectivity index (χ4n) is 2.75. The number of hydrogen-bond donors (Lipinski definition) is 2. The van der Waals surface area contributed by atoms with E-state index in [1.165, 1.54) is 6.26 Å². The predicted octanol–water partition coefficient (Wildman–Crippen LogP) is 0.142. The van der Waals surface area contributed by atoms with Crippen LogP contribution in [-0.4, -0.2) is 40.8 Å². The van der Waals surface area contributed by atoms with Crippen molar-refractivity contribution < 1.29 is 23.9 Å². The molecule has 1 aliphatic heterocycles. The molecule has 1 aliphatic carbocycles. The zero-order chi connectivity index (χ0) is 15.7. The first-order chi connectivity index (χ1) is 10.5. The molecule has 2 heterocycles. The third-order valence-corrected chi connectivity index (χ3v) is 4.21. The summed E-state index contributed by atoms with van der Waals surface area (Å²) >= 11 is 0. The number of imide groups is 1. The zero-order valence-electron chi connectivity index (χ0n) is 12.1. The minimum Gasteiger partial charge on any atom is -0.466 e. The molecule has 1 unspecified atom stereocenters. The van der Waals surface area contributed by atoms with Gasteiger partial charge in [0.05, 0.1) is 12.8 Å². The topological polar surface area (TPSA) is 99.9 Å². The largest absolute Gasteiger partial charge is 0.466 e. The fourth-order valence-corrected chi connectivity index (χ4v) is 2.75. The van der Waals surface area contributed by atoms with Gasteiger partial charge >= 0.3 is 0 Å². The number of carbonyl (C=O) groups excluding carboxylic acids is 3. The summed E-state index contributed by atoms with van der Waals surface area (Å²) in [4.78, 5) is 35.9. The molecule has 0 aromatic carbocycles. The van der Waals surface area contributed by atoms with Gasteiger partial charge < -0.3 is 14.8 Å². The van der Waals surface area contributed by atoms with Gasteiger partial charge in [0.1, 0.15) is 17.9 Å². The van der Waals surface area contributed by atoms with Crippen LogP contribution in [-0.2, 0) is 20.0 Å². The summed E-state index contributed by atoms with van der Waals surface area (Å²) in [5, 5.41) is 13.4. The smallest absolute Gasteiger partial charge is 0.240 e. The summed E-state index contributed by atoms with van der Waals surface area (Å²) in [7, 11) is 0. The Morgan fingerprint density at radius 1 is 1.36 bits per heavy atom. The molecule has 2 fully saturated rings. The van der Waals surface area contributed by atoms with Gasteiger partial charge in [0.25, 0.3) is 0 Å². The van der Waals surface area contributed by atoms with E-state index in [0.717, 1.165) is 17.7 Å². The molecule has 3 amide bonds. The average molecular weight is 306 g/mol. The van der Waals surface area contributed by atoms with Gasteiger partial charge in [-0.1, -0.05) is 0 Å². The van der Waals surface area contributed by atoms with E-state index >= 15 is 0 Å². The van der Waals surface area contributed by atoms with E-state index in [1.54, 1.807) is 12.1 Å². The molecule has 118 valence electrons. The molecule has 0 radical (unpaired) electrons. The van der Waals surface area contributed by atoms with Crippen LogP contribution in [0.2, 0.25) is 0 Å². The lowest BCUT2D eigenvalue weighted by atomic mass is 9.94. The highest BCUT2D eigenvalue weighted by Gasteiger charge is 2.47. The Hall–Kier alpha value is -2.15. The van der Waals surface area contributed by atoms with Gasteiger partial charge in [-0.25, -0.2) is 0 Å². The van der Waals surface area contributed by atoms with Gasteiger partial charge in [-0.2, -0.15) is 0 Å². The maximum atomic E-state index is 12.0. The molecule has 1 saturated carbocycles. The molecule has 7 heteroatoms. The van der Waals surface area contributed by atoms with Crippen molar-refractivity contribution >= 4 is 17.7 Å². The van der Waals surface area contributed by atoms with Crippen molar-refractivity contribution in [2.45, 2.75) is 31.3 Å². The highest BCUT2D eigenvalue weighted by molar-refractivity contribution is 6.04. The van der Waals surface area contributed by atoms with E-state index in [2.05, 4.69) is 5.32 Å². The van der Waals surface area contributed by atoms with Crippen LogP contribution in [0.15, 0.2) is 22.8 Å². The summed E-state index contributed by atoms with van der Waals surface area (Å²) in [6.07, 6.45) is 3.54. The summed E-state index contributed by atoms with van der Waals surface area (Å²) in [5.74, 6) is -0.654. The summed E-state index contributed by atoms with van der Waals surface area (Å²) in [6.45, 7) is -0.295. The molecule has 2 N–H and O–H groups in total. The van der Waals surface area contributed by atoms with Gasteiger partial charge in [0, 0.05) is 12.8 Å². The van der Waals surface area contributed by atoms with Crippen molar-refractivity contribution in [3.63, 3.8) is 0 Å². The normalized spacial score (nSPS) is 21.0. The van der Waals surface area contributed by atoms with Crippen molar-refractivity contribution in [1.29, 1.82) is 0 Å². The average Bonchev–Trinajstić information content (AvgIpc) is 3.13. The molecule has 1 aromatic heterocycles. The molecule has 1 aromatic rings. The lowest BCUT2D eigenvalue weighted by molar-refractivity contribution is -0.142. The SMILES string of the molecule is O=C(CN1C(=O)CCC1=O)NCC(O)(c1ccco1)C1CC1. The highest BCUT2D eigenvalue weighted by atomic mass is 16.4. The molecule has 7 nitrogen and oxygen atoms in total. The second-order valence-corrected chi connectivity index (χ2v) is 5.83. The third kappa shape index (κ3) is 2.76. The van der Waals surface area contributed by atoms with E-state index in [0.29, 0.717) is 5.76 Å². The van der Waals surface area contributed by atoms with E-state index in [-0.39, 0.29) is 43.7 Å².